The van der Waals surface area contributed by atoms with Gasteiger partial charge in [0, 0.05) is 24.9 Å². The van der Waals surface area contributed by atoms with Gasteiger partial charge >= 0.3 is 0 Å². The highest BCUT2D eigenvalue weighted by Gasteiger charge is 2.16. The Balaban J connectivity index is 1.85. The molecule has 0 spiro atoms. The van der Waals surface area contributed by atoms with E-state index in [4.69, 9.17) is 4.74 Å². The molecular formula is C19H20N4O4S. The lowest BCUT2D eigenvalue weighted by atomic mass is 10.2. The van der Waals surface area contributed by atoms with Gasteiger partial charge in [0.05, 0.1) is 35.4 Å². The molecule has 0 aliphatic rings. The number of sulfonamides is 1. The average Bonchev–Trinajstić information content (AvgIpc) is 3.07. The van der Waals surface area contributed by atoms with Crippen LogP contribution in [0.2, 0.25) is 0 Å². The molecule has 3 aromatic rings. The third-order valence-corrected chi connectivity index (χ3v) is 5.30. The standard InChI is InChI=1S/C19H20N4O4S/c1-13-11-23(12-20-13)18-9-6-16(10-19(18)27-3)22-28(25,26)17-7-4-15(5-8-17)21-14(2)24/h4-12,22H,1-3H3,(H,21,24). The minimum absolute atomic E-state index is 0.0786. The highest BCUT2D eigenvalue weighted by Crippen LogP contribution is 2.28. The average molecular weight is 400 g/mol. The largest absolute Gasteiger partial charge is 0.494 e. The second-order valence-electron chi connectivity index (χ2n) is 6.12. The molecule has 1 amide bonds. The number of nitrogens with zero attached hydrogens (tertiary/aromatic N) is 2. The molecular weight excluding hydrogens is 380 g/mol. The number of methoxy groups -OCH3 is 1. The number of hydrogen-bond donors (Lipinski definition) is 2. The van der Waals surface area contributed by atoms with Crippen molar-refractivity contribution in [3.8, 4) is 11.4 Å². The third-order valence-electron chi connectivity index (χ3n) is 3.91. The van der Waals surface area contributed by atoms with Gasteiger partial charge in [0.15, 0.2) is 0 Å². The van der Waals surface area contributed by atoms with E-state index in [1.807, 2.05) is 13.1 Å². The first-order chi connectivity index (χ1) is 13.3. The molecule has 28 heavy (non-hydrogen) atoms. The van der Waals surface area contributed by atoms with Gasteiger partial charge in [-0.1, -0.05) is 0 Å². The fraction of sp³-hybridized carbons (Fsp3) is 0.158. The van der Waals surface area contributed by atoms with Crippen molar-refractivity contribution < 1.29 is 17.9 Å². The van der Waals surface area contributed by atoms with E-state index in [0.717, 1.165) is 11.4 Å². The van der Waals surface area contributed by atoms with Crippen LogP contribution in [0.1, 0.15) is 12.6 Å². The van der Waals surface area contributed by atoms with E-state index >= 15 is 0 Å². The van der Waals surface area contributed by atoms with Gasteiger partial charge in [-0.25, -0.2) is 13.4 Å². The number of carbonyl (C=O) groups is 1. The topological polar surface area (TPSA) is 102 Å². The normalized spacial score (nSPS) is 11.1. The van der Waals surface area contributed by atoms with Gasteiger partial charge in [-0.05, 0) is 43.3 Å². The highest BCUT2D eigenvalue weighted by molar-refractivity contribution is 7.92. The Morgan fingerprint density at radius 1 is 1.11 bits per heavy atom. The summed E-state index contributed by atoms with van der Waals surface area (Å²) in [6.45, 7) is 3.26. The summed E-state index contributed by atoms with van der Waals surface area (Å²) >= 11 is 0. The van der Waals surface area contributed by atoms with Gasteiger partial charge in [0.2, 0.25) is 5.91 Å². The van der Waals surface area contributed by atoms with Crippen molar-refractivity contribution in [1.82, 2.24) is 9.55 Å². The van der Waals surface area contributed by atoms with Gasteiger partial charge in [-0.3, -0.25) is 9.52 Å². The van der Waals surface area contributed by atoms with E-state index < -0.39 is 10.0 Å². The minimum atomic E-state index is -3.79. The molecule has 8 nitrogen and oxygen atoms in total. The summed E-state index contributed by atoms with van der Waals surface area (Å²) in [7, 11) is -2.28. The summed E-state index contributed by atoms with van der Waals surface area (Å²) in [5.74, 6) is 0.271. The zero-order valence-corrected chi connectivity index (χ0v) is 16.4. The zero-order valence-electron chi connectivity index (χ0n) is 15.6. The number of ether oxygens (including phenoxy) is 1. The van der Waals surface area contributed by atoms with Crippen molar-refractivity contribution in [3.05, 3.63) is 60.7 Å². The number of aromatic nitrogens is 2. The predicted octanol–water partition coefficient (Wildman–Crippen LogP) is 2.95. The summed E-state index contributed by atoms with van der Waals surface area (Å²) in [6, 6.07) is 10.9. The molecule has 146 valence electrons. The molecule has 2 N–H and O–H groups in total. The van der Waals surface area contributed by atoms with E-state index in [-0.39, 0.29) is 10.8 Å². The number of anilines is 2. The Hall–Kier alpha value is -3.33. The molecule has 0 unspecified atom stereocenters. The van der Waals surface area contributed by atoms with Gasteiger partial charge < -0.3 is 14.6 Å². The van der Waals surface area contributed by atoms with E-state index in [2.05, 4.69) is 15.0 Å². The number of carbonyl (C=O) groups excluding carboxylic acids is 1. The van der Waals surface area contributed by atoms with Crippen LogP contribution in [0.3, 0.4) is 0 Å². The second-order valence-corrected chi connectivity index (χ2v) is 7.80. The van der Waals surface area contributed by atoms with Crippen LogP contribution in [0, 0.1) is 6.92 Å². The lowest BCUT2D eigenvalue weighted by molar-refractivity contribution is -0.114. The molecule has 0 aliphatic heterocycles. The maximum Gasteiger partial charge on any atom is 0.261 e. The number of benzene rings is 2. The van der Waals surface area contributed by atoms with Crippen molar-refractivity contribution in [2.75, 3.05) is 17.1 Å². The van der Waals surface area contributed by atoms with Crippen LogP contribution in [0.15, 0.2) is 59.9 Å². The van der Waals surface area contributed by atoms with Gasteiger partial charge in [0.1, 0.15) is 5.75 Å². The second kappa shape index (κ2) is 7.73. The quantitative estimate of drug-likeness (QED) is 0.662. The SMILES string of the molecule is COc1cc(NS(=O)(=O)c2ccc(NC(C)=O)cc2)ccc1-n1cnc(C)c1. The van der Waals surface area contributed by atoms with E-state index in [9.17, 15) is 13.2 Å². The zero-order chi connectivity index (χ0) is 20.3. The van der Waals surface area contributed by atoms with E-state index in [1.165, 1.54) is 38.3 Å². The first-order valence-electron chi connectivity index (χ1n) is 8.38. The number of nitrogens with one attached hydrogen (secondary N) is 2. The third kappa shape index (κ3) is 4.32. The van der Waals surface area contributed by atoms with Gasteiger partial charge in [0.25, 0.3) is 10.0 Å². The molecule has 0 saturated heterocycles. The molecule has 0 radical (unpaired) electrons. The molecule has 1 heterocycles. The molecule has 0 atom stereocenters. The van der Waals surface area contributed by atoms with Crippen molar-refractivity contribution >= 4 is 27.3 Å². The molecule has 9 heteroatoms. The molecule has 2 aromatic carbocycles. The van der Waals surface area contributed by atoms with Crippen molar-refractivity contribution in [3.63, 3.8) is 0 Å². The minimum Gasteiger partial charge on any atom is -0.494 e. The molecule has 0 fully saturated rings. The van der Waals surface area contributed by atoms with Crippen LogP contribution in [0.4, 0.5) is 11.4 Å². The van der Waals surface area contributed by atoms with Crippen molar-refractivity contribution in [1.29, 1.82) is 0 Å². The van der Waals surface area contributed by atoms with E-state index in [1.54, 1.807) is 29.1 Å². The number of aryl methyl sites for hydroxylation is 1. The molecule has 0 aliphatic carbocycles. The predicted molar refractivity (Wildman–Crippen MR) is 106 cm³/mol. The molecule has 1 aromatic heterocycles. The summed E-state index contributed by atoms with van der Waals surface area (Å²) in [5.41, 5.74) is 2.48. The fourth-order valence-corrected chi connectivity index (χ4v) is 3.69. The monoisotopic (exact) mass is 400 g/mol. The summed E-state index contributed by atoms with van der Waals surface area (Å²) in [6.07, 6.45) is 3.51. The maximum atomic E-state index is 12.6. The Morgan fingerprint density at radius 3 is 2.36 bits per heavy atom. The Bertz CT molecular complexity index is 1110. The van der Waals surface area contributed by atoms with Crippen LogP contribution in [0.25, 0.3) is 5.69 Å². The lowest BCUT2D eigenvalue weighted by Gasteiger charge is -2.13. The van der Waals surface area contributed by atoms with Gasteiger partial charge in [-0.2, -0.15) is 0 Å². The Kier molecular flexibility index (Phi) is 5.36. The highest BCUT2D eigenvalue weighted by atomic mass is 32.2. The maximum absolute atomic E-state index is 12.6. The van der Waals surface area contributed by atoms with E-state index in [0.29, 0.717) is 17.1 Å². The summed E-state index contributed by atoms with van der Waals surface area (Å²) < 4.78 is 35.0. The summed E-state index contributed by atoms with van der Waals surface area (Å²) in [5, 5.41) is 2.59. The van der Waals surface area contributed by atoms with Crippen LogP contribution < -0.4 is 14.8 Å². The van der Waals surface area contributed by atoms with Gasteiger partial charge in [-0.15, -0.1) is 0 Å². The first kappa shape index (κ1) is 19.4. The lowest BCUT2D eigenvalue weighted by Crippen LogP contribution is -2.13. The Labute approximate surface area is 163 Å². The number of rotatable bonds is 6. The Morgan fingerprint density at radius 2 is 1.79 bits per heavy atom. The van der Waals surface area contributed by atoms with Crippen LogP contribution in [-0.2, 0) is 14.8 Å². The summed E-state index contributed by atoms with van der Waals surface area (Å²) in [4.78, 5) is 15.3. The molecule has 0 saturated carbocycles. The van der Waals surface area contributed by atoms with Crippen LogP contribution in [0.5, 0.6) is 5.75 Å². The number of amides is 1. The fourth-order valence-electron chi connectivity index (χ4n) is 2.64. The van der Waals surface area contributed by atoms with Crippen LogP contribution in [-0.4, -0.2) is 31.0 Å². The molecule has 3 rings (SSSR count). The van der Waals surface area contributed by atoms with Crippen molar-refractivity contribution in [2.45, 2.75) is 18.7 Å². The number of imidazole rings is 1. The molecule has 0 bridgehead atoms. The first-order valence-corrected chi connectivity index (χ1v) is 9.86. The smallest absolute Gasteiger partial charge is 0.261 e. The number of hydrogen-bond acceptors (Lipinski definition) is 5. The van der Waals surface area contributed by atoms with Crippen molar-refractivity contribution in [2.24, 2.45) is 0 Å². The van der Waals surface area contributed by atoms with Crippen LogP contribution >= 0.6 is 0 Å².